The van der Waals surface area contributed by atoms with E-state index in [0.717, 1.165) is 60.9 Å². The van der Waals surface area contributed by atoms with Crippen LogP contribution in [0.5, 0.6) is 11.5 Å². The van der Waals surface area contributed by atoms with E-state index in [1.165, 1.54) is 17.8 Å². The van der Waals surface area contributed by atoms with Crippen LogP contribution in [0.4, 0.5) is 5.69 Å². The van der Waals surface area contributed by atoms with Crippen LogP contribution < -0.4 is 19.3 Å². The molecule has 0 radical (unpaired) electrons. The van der Waals surface area contributed by atoms with Gasteiger partial charge in [-0.2, -0.15) is 0 Å². The molecule has 0 aliphatic rings. The Morgan fingerprint density at radius 1 is 0.750 bits per heavy atom. The Morgan fingerprint density at radius 2 is 1.32 bits per heavy atom. The average molecular weight is 587 g/mol. The molecule has 0 heterocycles. The zero-order chi connectivity index (χ0) is 29.0. The number of unbranched alkanes of at least 4 members (excludes halogenated alkanes) is 5. The number of hydrogen-bond acceptors (Lipinski definition) is 4. The topological polar surface area (TPSA) is 64.6 Å². The van der Waals surface area contributed by atoms with Gasteiger partial charge < -0.3 is 14.8 Å². The smallest absolute Gasteiger partial charge is 0.343 e. The second-order valence-corrected chi connectivity index (χ2v) is 11.6. The van der Waals surface area contributed by atoms with E-state index in [0.29, 0.717) is 34.4 Å². The highest BCUT2D eigenvalue weighted by atomic mass is 35.5. The van der Waals surface area contributed by atoms with E-state index >= 15 is 0 Å². The number of nitrogens with zero attached hydrogens (tertiary/aromatic N) is 1. The summed E-state index contributed by atoms with van der Waals surface area (Å²) >= 11 is 11.9. The minimum Gasteiger partial charge on any atom is -0.494 e. The maximum absolute atomic E-state index is 12.3. The molecule has 0 saturated carbocycles. The van der Waals surface area contributed by atoms with Crippen molar-refractivity contribution in [2.45, 2.75) is 44.9 Å². The molecule has 0 atom stereocenters. The summed E-state index contributed by atoms with van der Waals surface area (Å²) in [5.74, 6) is 0.693. The lowest BCUT2D eigenvalue weighted by atomic mass is 10.1. The summed E-state index contributed by atoms with van der Waals surface area (Å²) in [6.07, 6.45) is 6.84. The van der Waals surface area contributed by atoms with Crippen molar-refractivity contribution in [3.05, 3.63) is 87.9 Å². The molecule has 0 fully saturated rings. The summed E-state index contributed by atoms with van der Waals surface area (Å²) in [4.78, 5) is 24.5. The van der Waals surface area contributed by atoms with Gasteiger partial charge in [0.1, 0.15) is 17.2 Å². The van der Waals surface area contributed by atoms with Crippen LogP contribution in [-0.4, -0.2) is 46.2 Å². The highest BCUT2D eigenvalue weighted by molar-refractivity contribution is 6.35. The van der Waals surface area contributed by atoms with Gasteiger partial charge in [-0.3, -0.25) is 9.28 Å². The minimum absolute atomic E-state index is 0.0763. The van der Waals surface area contributed by atoms with Crippen LogP contribution in [0.25, 0.3) is 0 Å². The van der Waals surface area contributed by atoms with Crippen molar-refractivity contribution in [3.63, 3.8) is 0 Å². The van der Waals surface area contributed by atoms with Crippen LogP contribution >= 0.6 is 23.2 Å². The number of quaternary nitrogens is 1. The van der Waals surface area contributed by atoms with Crippen molar-refractivity contribution >= 4 is 40.8 Å². The lowest BCUT2D eigenvalue weighted by Gasteiger charge is -2.23. The summed E-state index contributed by atoms with van der Waals surface area (Å²) in [5.41, 5.74) is 2.54. The van der Waals surface area contributed by atoms with Crippen LogP contribution in [0.1, 0.15) is 54.4 Å². The molecule has 3 aromatic carbocycles. The number of esters is 1. The van der Waals surface area contributed by atoms with E-state index < -0.39 is 5.97 Å². The number of carbonyl (C=O) groups excluding carboxylic acids is 2. The third-order valence-corrected chi connectivity index (χ3v) is 6.81. The fourth-order valence-electron chi connectivity index (χ4n) is 4.10. The number of rotatable bonds is 15. The number of ether oxygens (including phenoxy) is 2. The Labute approximate surface area is 247 Å². The van der Waals surface area contributed by atoms with E-state index in [1.807, 2.05) is 12.1 Å². The second kappa shape index (κ2) is 15.7. The summed E-state index contributed by atoms with van der Waals surface area (Å²) in [7, 11) is 6.38. The lowest BCUT2D eigenvalue weighted by molar-refractivity contribution is -0.120. The molecular weight excluding hydrogens is 547 g/mol. The molecule has 1 amide bonds. The molecule has 214 valence electrons. The van der Waals surface area contributed by atoms with E-state index in [1.54, 1.807) is 30.3 Å². The number of halogens is 2. The summed E-state index contributed by atoms with van der Waals surface area (Å²) < 4.78 is 11.9. The predicted octanol–water partition coefficient (Wildman–Crippen LogP) is 7.49. The maximum atomic E-state index is 12.3. The first-order valence-electron chi connectivity index (χ1n) is 13.7. The standard InChI is InChI=1S/C32H38Cl2N2O4/c1-36(2,3)28-12-10-24(11-13-28)20-31(37)35-18-8-6-4-5-7-9-19-39-29-14-16-30(17-15-29)40-32(38)25-21-26(33)23-27(34)22-25/h10-17,21-23H,4-9,18-20H2,1-3H3/p+1. The third kappa shape index (κ3) is 11.2. The second-order valence-electron chi connectivity index (χ2n) is 10.7. The number of nitrogens with one attached hydrogen (secondary N) is 1. The minimum atomic E-state index is -0.526. The molecule has 6 nitrogen and oxygen atoms in total. The quantitative estimate of drug-likeness (QED) is 0.0868. The molecule has 0 bridgehead atoms. The van der Waals surface area contributed by atoms with Gasteiger partial charge in [0.25, 0.3) is 0 Å². The van der Waals surface area contributed by atoms with Crippen molar-refractivity contribution < 1.29 is 19.1 Å². The van der Waals surface area contributed by atoms with Crippen molar-refractivity contribution in [1.82, 2.24) is 9.80 Å². The normalized spacial score (nSPS) is 11.2. The highest BCUT2D eigenvalue weighted by Crippen LogP contribution is 2.23. The van der Waals surface area contributed by atoms with Gasteiger partial charge in [-0.15, -0.1) is 0 Å². The molecule has 3 aromatic rings. The van der Waals surface area contributed by atoms with Gasteiger partial charge in [0.15, 0.2) is 0 Å². The van der Waals surface area contributed by atoms with Crippen LogP contribution in [0.2, 0.25) is 10.0 Å². The van der Waals surface area contributed by atoms with Gasteiger partial charge in [0.05, 0.1) is 39.7 Å². The van der Waals surface area contributed by atoms with E-state index in [-0.39, 0.29) is 5.91 Å². The molecule has 0 aliphatic carbocycles. The molecular formula is C32H39Cl2N2O4+. The molecule has 1 N–H and O–H groups in total. The van der Waals surface area contributed by atoms with E-state index in [9.17, 15) is 9.59 Å². The largest absolute Gasteiger partial charge is 0.494 e. The molecule has 3 rings (SSSR count). The monoisotopic (exact) mass is 585 g/mol. The number of carbonyl (C=O) groups is 2. The van der Waals surface area contributed by atoms with Crippen LogP contribution in [0.3, 0.4) is 0 Å². The number of benzene rings is 3. The van der Waals surface area contributed by atoms with Crippen LogP contribution in [0, 0.1) is 0 Å². The predicted molar refractivity (Wildman–Crippen MR) is 164 cm³/mol. The Bertz CT molecular complexity index is 1220. The third-order valence-electron chi connectivity index (χ3n) is 6.37. The molecule has 8 heteroatoms. The zero-order valence-electron chi connectivity index (χ0n) is 23.6. The lowest BCUT2D eigenvalue weighted by Crippen LogP contribution is -2.34. The number of amides is 1. The zero-order valence-corrected chi connectivity index (χ0v) is 25.1. The van der Waals surface area contributed by atoms with E-state index in [4.69, 9.17) is 32.7 Å². The van der Waals surface area contributed by atoms with Crippen LogP contribution in [-0.2, 0) is 11.2 Å². The molecule has 40 heavy (non-hydrogen) atoms. The van der Waals surface area contributed by atoms with Gasteiger partial charge in [-0.25, -0.2) is 4.79 Å². The fourth-order valence-corrected chi connectivity index (χ4v) is 4.63. The van der Waals surface area contributed by atoms with Crippen molar-refractivity contribution in [2.24, 2.45) is 0 Å². The number of hydrogen-bond donors (Lipinski definition) is 1. The van der Waals surface area contributed by atoms with Gasteiger partial charge in [0.2, 0.25) is 5.91 Å². The van der Waals surface area contributed by atoms with Gasteiger partial charge in [-0.05, 0) is 73.0 Å². The average Bonchev–Trinajstić information content (AvgIpc) is 2.90. The summed E-state index contributed by atoms with van der Waals surface area (Å²) in [5, 5.41) is 3.78. The SMILES string of the molecule is C[N+](C)(C)c1ccc(CC(=O)NCCCCCCCCOc2ccc(OC(=O)c3cc(Cl)cc(Cl)c3)cc2)cc1. The van der Waals surface area contributed by atoms with E-state index in [2.05, 4.69) is 38.6 Å². The van der Waals surface area contributed by atoms with Crippen LogP contribution in [0.15, 0.2) is 66.7 Å². The molecule has 0 unspecified atom stereocenters. The van der Waals surface area contributed by atoms with Gasteiger partial charge in [-0.1, -0.05) is 61.0 Å². The Hall–Kier alpha value is -3.06. The van der Waals surface area contributed by atoms with Crippen molar-refractivity contribution in [3.8, 4) is 11.5 Å². The van der Waals surface area contributed by atoms with Gasteiger partial charge >= 0.3 is 5.97 Å². The molecule has 0 aliphatic heterocycles. The van der Waals surface area contributed by atoms with Crippen molar-refractivity contribution in [1.29, 1.82) is 0 Å². The summed E-state index contributed by atoms with van der Waals surface area (Å²) in [6, 6.07) is 19.8. The molecule has 0 saturated heterocycles. The summed E-state index contributed by atoms with van der Waals surface area (Å²) in [6.45, 7) is 1.35. The molecule has 0 spiro atoms. The maximum Gasteiger partial charge on any atom is 0.343 e. The Morgan fingerprint density at radius 3 is 1.95 bits per heavy atom. The first-order valence-corrected chi connectivity index (χ1v) is 14.4. The first kappa shape index (κ1) is 31.5. The first-order chi connectivity index (χ1) is 19.1. The Kier molecular flexibility index (Phi) is 12.3. The fraction of sp³-hybridized carbons (Fsp3) is 0.375. The molecule has 0 aromatic heterocycles. The highest BCUT2D eigenvalue weighted by Gasteiger charge is 2.12. The van der Waals surface area contributed by atoms with Crippen molar-refractivity contribution in [2.75, 3.05) is 34.3 Å². The van der Waals surface area contributed by atoms with Gasteiger partial charge in [0, 0.05) is 16.6 Å². The Balaban J connectivity index is 1.20.